The Bertz CT molecular complexity index is 1230. The third-order valence-corrected chi connectivity index (χ3v) is 5.78. The van der Waals surface area contributed by atoms with Crippen molar-refractivity contribution in [3.63, 3.8) is 0 Å². The third kappa shape index (κ3) is 4.53. The molecule has 1 N–H and O–H groups in total. The molecule has 0 atom stereocenters. The Morgan fingerprint density at radius 3 is 2.48 bits per heavy atom. The van der Waals surface area contributed by atoms with E-state index in [0.717, 1.165) is 33.4 Å². The van der Waals surface area contributed by atoms with E-state index < -0.39 is 0 Å². The highest BCUT2D eigenvalue weighted by atomic mass is 19.1. The van der Waals surface area contributed by atoms with Gasteiger partial charge >= 0.3 is 0 Å². The fourth-order valence-electron chi connectivity index (χ4n) is 4.12. The topological polar surface area (TPSA) is 81.8 Å². The van der Waals surface area contributed by atoms with Gasteiger partial charge in [-0.2, -0.15) is 0 Å². The van der Waals surface area contributed by atoms with Gasteiger partial charge in [0, 0.05) is 12.5 Å². The van der Waals surface area contributed by atoms with E-state index in [4.69, 9.17) is 14.0 Å². The van der Waals surface area contributed by atoms with Crippen LogP contribution in [0.15, 0.2) is 52.7 Å². The number of carbonyl (C=O) groups is 1. The number of halogens is 1. The number of benzene rings is 2. The minimum atomic E-state index is -0.332. The highest BCUT2D eigenvalue weighted by Gasteiger charge is 2.25. The quantitative estimate of drug-likeness (QED) is 0.492. The first-order valence-corrected chi connectivity index (χ1v) is 10.5. The number of phenolic OH excluding ortho intramolecular Hbond substituents is 1. The lowest BCUT2D eigenvalue weighted by atomic mass is 9.98. The Labute approximate surface area is 190 Å². The molecule has 1 aliphatic rings. The number of methoxy groups -OCH3 is 2. The van der Waals surface area contributed by atoms with Crippen LogP contribution in [0.2, 0.25) is 0 Å². The highest BCUT2D eigenvalue weighted by Crippen LogP contribution is 2.45. The summed E-state index contributed by atoms with van der Waals surface area (Å²) >= 11 is 0. The van der Waals surface area contributed by atoms with E-state index in [9.17, 15) is 14.3 Å². The molecule has 0 amide bonds. The lowest BCUT2D eigenvalue weighted by molar-refractivity contribution is -0.118. The van der Waals surface area contributed by atoms with Crippen molar-refractivity contribution >= 4 is 23.0 Å². The number of ether oxygens (including phenoxy) is 2. The second-order valence-electron chi connectivity index (χ2n) is 7.82. The molecular weight excluding hydrogens is 425 g/mol. The number of ketones is 1. The van der Waals surface area contributed by atoms with Crippen molar-refractivity contribution in [3.8, 4) is 17.2 Å². The van der Waals surface area contributed by atoms with Crippen LogP contribution in [-0.4, -0.2) is 30.3 Å². The van der Waals surface area contributed by atoms with Gasteiger partial charge in [-0.3, -0.25) is 4.79 Å². The molecule has 0 fully saturated rings. The SMILES string of the molecule is COc1cc(/C=C2/C(C)=C(CCC(=O)Cc3ccno3)c3cc(F)ccc32)cc(OC)c1O. The molecule has 1 heterocycles. The zero-order valence-corrected chi connectivity index (χ0v) is 18.6. The maximum atomic E-state index is 14.1. The van der Waals surface area contributed by atoms with Crippen LogP contribution in [0.1, 0.15) is 42.2 Å². The highest BCUT2D eigenvalue weighted by molar-refractivity contribution is 6.05. The van der Waals surface area contributed by atoms with E-state index in [1.807, 2.05) is 13.0 Å². The van der Waals surface area contributed by atoms with Gasteiger partial charge < -0.3 is 19.1 Å². The number of nitrogens with zero attached hydrogens (tertiary/aromatic N) is 1. The molecule has 170 valence electrons. The van der Waals surface area contributed by atoms with Gasteiger partial charge in [0.2, 0.25) is 5.75 Å². The monoisotopic (exact) mass is 449 g/mol. The van der Waals surface area contributed by atoms with Crippen LogP contribution in [0, 0.1) is 5.82 Å². The molecule has 7 heteroatoms. The molecule has 4 rings (SSSR count). The average molecular weight is 449 g/mol. The number of carbonyl (C=O) groups excluding carboxylic acids is 1. The minimum absolute atomic E-state index is 0.0236. The molecule has 0 radical (unpaired) electrons. The molecule has 0 saturated heterocycles. The summed E-state index contributed by atoms with van der Waals surface area (Å²) in [4.78, 5) is 12.4. The van der Waals surface area contributed by atoms with Crippen molar-refractivity contribution in [3.05, 3.63) is 76.4 Å². The summed E-state index contributed by atoms with van der Waals surface area (Å²) in [5.74, 6) is 0.724. The summed E-state index contributed by atoms with van der Waals surface area (Å²) in [7, 11) is 2.94. The van der Waals surface area contributed by atoms with Crippen molar-refractivity contribution in [1.82, 2.24) is 5.16 Å². The number of Topliss-reactive ketones (excluding diaryl/α,β-unsaturated/α-hetero) is 1. The second kappa shape index (κ2) is 9.32. The van der Waals surface area contributed by atoms with Crippen LogP contribution < -0.4 is 9.47 Å². The number of aromatic nitrogens is 1. The molecule has 0 spiro atoms. The zero-order chi connectivity index (χ0) is 23.5. The molecule has 0 bridgehead atoms. The fourth-order valence-corrected chi connectivity index (χ4v) is 4.12. The summed E-state index contributed by atoms with van der Waals surface area (Å²) in [5.41, 5.74) is 5.24. The largest absolute Gasteiger partial charge is 0.502 e. The standard InChI is InChI=1S/C26H24FNO5/c1-15-20(7-5-18(29)14-19-8-9-28-33-19)23-13-17(27)4-6-21(23)22(15)10-16-11-24(31-2)26(30)25(12-16)32-3/h4,6,8-13,30H,5,7,14H2,1-3H3/b22-10-. The van der Waals surface area contributed by atoms with Gasteiger partial charge in [0.05, 0.1) is 26.8 Å². The molecule has 6 nitrogen and oxygen atoms in total. The van der Waals surface area contributed by atoms with Crippen LogP contribution in [-0.2, 0) is 11.2 Å². The number of hydrogen-bond acceptors (Lipinski definition) is 6. The Kier molecular flexibility index (Phi) is 6.31. The lowest BCUT2D eigenvalue weighted by Gasteiger charge is -2.11. The van der Waals surface area contributed by atoms with Crippen LogP contribution >= 0.6 is 0 Å². The van der Waals surface area contributed by atoms with E-state index in [-0.39, 0.29) is 23.8 Å². The van der Waals surface area contributed by atoms with Gasteiger partial charge in [-0.1, -0.05) is 11.2 Å². The predicted octanol–water partition coefficient (Wildman–Crippen LogP) is 5.46. The van der Waals surface area contributed by atoms with Crippen molar-refractivity contribution < 1.29 is 28.3 Å². The van der Waals surface area contributed by atoms with Crippen molar-refractivity contribution in [2.45, 2.75) is 26.2 Å². The van der Waals surface area contributed by atoms with Crippen LogP contribution in [0.4, 0.5) is 4.39 Å². The molecule has 33 heavy (non-hydrogen) atoms. The molecular formula is C26H24FNO5. The number of allylic oxidation sites excluding steroid dienone is 3. The first-order valence-electron chi connectivity index (χ1n) is 10.5. The molecule has 0 aliphatic heterocycles. The van der Waals surface area contributed by atoms with Crippen LogP contribution in [0.25, 0.3) is 17.2 Å². The lowest BCUT2D eigenvalue weighted by Crippen LogP contribution is -2.02. The zero-order valence-electron chi connectivity index (χ0n) is 18.6. The summed E-state index contributed by atoms with van der Waals surface area (Å²) < 4.78 is 29.7. The summed E-state index contributed by atoms with van der Waals surface area (Å²) in [6.07, 6.45) is 4.42. The molecule has 2 aromatic carbocycles. The van der Waals surface area contributed by atoms with E-state index in [1.54, 1.807) is 24.3 Å². The van der Waals surface area contributed by atoms with Gasteiger partial charge in [-0.05, 0) is 77.1 Å². The Hall–Kier alpha value is -3.87. The number of phenols is 1. The van der Waals surface area contributed by atoms with E-state index >= 15 is 0 Å². The van der Waals surface area contributed by atoms with Gasteiger partial charge in [0.25, 0.3) is 0 Å². The predicted molar refractivity (Wildman–Crippen MR) is 123 cm³/mol. The molecule has 0 saturated carbocycles. The first kappa shape index (κ1) is 22.3. The maximum Gasteiger partial charge on any atom is 0.200 e. The molecule has 0 unspecified atom stereocenters. The molecule has 1 aromatic heterocycles. The van der Waals surface area contributed by atoms with Gasteiger partial charge in [-0.25, -0.2) is 4.39 Å². The summed E-state index contributed by atoms with van der Waals surface area (Å²) in [6, 6.07) is 9.77. The Balaban J connectivity index is 1.69. The Morgan fingerprint density at radius 1 is 1.12 bits per heavy atom. The summed E-state index contributed by atoms with van der Waals surface area (Å²) in [5, 5.41) is 13.8. The minimum Gasteiger partial charge on any atom is -0.502 e. The van der Waals surface area contributed by atoms with Gasteiger partial charge in [0.15, 0.2) is 11.5 Å². The van der Waals surface area contributed by atoms with E-state index in [2.05, 4.69) is 5.16 Å². The number of rotatable bonds is 8. The third-order valence-electron chi connectivity index (χ3n) is 5.78. The molecule has 1 aliphatic carbocycles. The normalized spacial score (nSPS) is 14.0. The summed E-state index contributed by atoms with van der Waals surface area (Å²) in [6.45, 7) is 1.97. The van der Waals surface area contributed by atoms with Crippen LogP contribution in [0.3, 0.4) is 0 Å². The van der Waals surface area contributed by atoms with Crippen molar-refractivity contribution in [2.75, 3.05) is 14.2 Å². The van der Waals surface area contributed by atoms with Gasteiger partial charge in [0.1, 0.15) is 17.4 Å². The smallest absolute Gasteiger partial charge is 0.200 e. The number of fused-ring (bicyclic) bond motifs is 1. The molecule has 3 aromatic rings. The average Bonchev–Trinajstić information content (AvgIpc) is 3.39. The van der Waals surface area contributed by atoms with Crippen molar-refractivity contribution in [1.29, 1.82) is 0 Å². The second-order valence-corrected chi connectivity index (χ2v) is 7.82. The number of hydrogen-bond donors (Lipinski definition) is 1. The van der Waals surface area contributed by atoms with Crippen molar-refractivity contribution in [2.24, 2.45) is 0 Å². The Morgan fingerprint density at radius 2 is 1.85 bits per heavy atom. The first-order chi connectivity index (χ1) is 15.9. The maximum absolute atomic E-state index is 14.1. The van der Waals surface area contributed by atoms with Crippen LogP contribution in [0.5, 0.6) is 17.2 Å². The van der Waals surface area contributed by atoms with E-state index in [1.165, 1.54) is 32.5 Å². The fraction of sp³-hybridized carbons (Fsp3) is 0.231. The van der Waals surface area contributed by atoms with Gasteiger partial charge in [-0.15, -0.1) is 0 Å². The van der Waals surface area contributed by atoms with E-state index in [0.29, 0.717) is 30.1 Å². The number of aromatic hydroxyl groups is 1.